The number of piperidine rings is 1. The van der Waals surface area contributed by atoms with Gasteiger partial charge >= 0.3 is 0 Å². The number of ether oxygens (including phenoxy) is 1. The van der Waals surface area contributed by atoms with Crippen LogP contribution in [0, 0.1) is 0 Å². The van der Waals surface area contributed by atoms with Crippen LogP contribution >= 0.6 is 11.6 Å². The molecule has 36 heavy (non-hydrogen) atoms. The van der Waals surface area contributed by atoms with Crippen molar-refractivity contribution in [1.82, 2.24) is 19.7 Å². The van der Waals surface area contributed by atoms with Crippen molar-refractivity contribution in [2.45, 2.75) is 32.0 Å². The van der Waals surface area contributed by atoms with Crippen molar-refractivity contribution >= 4 is 28.4 Å². The molecule has 2 fully saturated rings. The zero-order valence-corrected chi connectivity index (χ0v) is 21.5. The number of aromatic nitrogens is 1. The lowest BCUT2D eigenvalue weighted by atomic mass is 10.0. The maximum absolute atomic E-state index is 13.6. The Morgan fingerprint density at radius 1 is 1.03 bits per heavy atom. The normalized spacial score (nSPS) is 17.9. The molecule has 0 spiro atoms. The van der Waals surface area contributed by atoms with Crippen LogP contribution in [0.4, 0.5) is 0 Å². The molecule has 2 saturated heterocycles. The summed E-state index contributed by atoms with van der Waals surface area (Å²) in [5.41, 5.74) is 2.88. The number of carbonyl (C=O) groups is 1. The number of nitrogens with one attached hydrogen (secondary N) is 1. The molecule has 1 amide bonds. The van der Waals surface area contributed by atoms with Gasteiger partial charge in [0.05, 0.1) is 18.7 Å². The summed E-state index contributed by atoms with van der Waals surface area (Å²) in [7, 11) is 2.13. The smallest absolute Gasteiger partial charge is 0.257 e. The fourth-order valence-corrected chi connectivity index (χ4v) is 5.26. The lowest BCUT2D eigenvalue weighted by Crippen LogP contribution is -2.35. The van der Waals surface area contributed by atoms with E-state index < -0.39 is 0 Å². The summed E-state index contributed by atoms with van der Waals surface area (Å²) >= 11 is 5.98. The predicted molar refractivity (Wildman–Crippen MR) is 143 cm³/mol. The first-order chi connectivity index (χ1) is 17.5. The van der Waals surface area contributed by atoms with E-state index in [1.807, 2.05) is 18.2 Å². The molecule has 0 unspecified atom stereocenters. The molecule has 3 aromatic rings. The minimum atomic E-state index is -0.350. The first kappa shape index (κ1) is 25.0. The monoisotopic (exact) mass is 508 g/mol. The van der Waals surface area contributed by atoms with Gasteiger partial charge in [-0.15, -0.1) is 0 Å². The molecule has 1 N–H and O–H groups in total. The molecule has 0 radical (unpaired) electrons. The summed E-state index contributed by atoms with van der Waals surface area (Å²) in [4.78, 5) is 31.5. The van der Waals surface area contributed by atoms with Gasteiger partial charge in [0.15, 0.2) is 0 Å². The number of likely N-dealkylation sites (tertiary alicyclic amines) is 1. The van der Waals surface area contributed by atoms with Crippen LogP contribution in [0.15, 0.2) is 53.5 Å². The van der Waals surface area contributed by atoms with E-state index in [9.17, 15) is 9.59 Å². The number of hydrogen-bond acceptors (Lipinski definition) is 5. The molecule has 0 saturated carbocycles. The number of hydrogen-bond donors (Lipinski definition) is 1. The molecule has 190 valence electrons. The topological polar surface area (TPSA) is 66.8 Å². The highest BCUT2D eigenvalue weighted by molar-refractivity contribution is 6.30. The van der Waals surface area contributed by atoms with Gasteiger partial charge in [-0.1, -0.05) is 29.8 Å². The molecule has 2 aliphatic rings. The Bertz CT molecular complexity index is 1280. The quantitative estimate of drug-likeness (QED) is 0.550. The summed E-state index contributed by atoms with van der Waals surface area (Å²) in [6.45, 7) is 6.30. The Labute approximate surface area is 216 Å². The first-order valence-electron chi connectivity index (χ1n) is 12.7. The van der Waals surface area contributed by atoms with Gasteiger partial charge in [-0.3, -0.25) is 14.5 Å². The van der Waals surface area contributed by atoms with E-state index in [1.54, 1.807) is 18.3 Å². The van der Waals surface area contributed by atoms with Crippen LogP contribution < -0.4 is 10.7 Å². The lowest BCUT2D eigenvalue weighted by molar-refractivity contribution is 0.0342. The molecule has 2 aliphatic heterocycles. The summed E-state index contributed by atoms with van der Waals surface area (Å²) in [6.07, 6.45) is 3.74. The van der Waals surface area contributed by atoms with Gasteiger partial charge < -0.3 is 19.5 Å². The van der Waals surface area contributed by atoms with E-state index >= 15 is 0 Å². The number of amides is 1. The highest BCUT2D eigenvalue weighted by Gasteiger charge is 2.23. The number of benzene rings is 2. The van der Waals surface area contributed by atoms with Crippen LogP contribution in [0.3, 0.4) is 0 Å². The van der Waals surface area contributed by atoms with Crippen molar-refractivity contribution in [2.75, 3.05) is 46.4 Å². The third-order valence-corrected chi connectivity index (χ3v) is 7.55. The maximum atomic E-state index is 13.6. The molecule has 2 aromatic carbocycles. The number of fused-ring (bicyclic) bond motifs is 1. The Hall–Kier alpha value is -2.71. The van der Waals surface area contributed by atoms with Gasteiger partial charge in [-0.25, -0.2) is 0 Å². The molecular weight excluding hydrogens is 476 g/mol. The summed E-state index contributed by atoms with van der Waals surface area (Å²) in [5, 5.41) is 4.19. The third kappa shape index (κ3) is 5.65. The van der Waals surface area contributed by atoms with Crippen molar-refractivity contribution < 1.29 is 9.53 Å². The Morgan fingerprint density at radius 2 is 1.72 bits per heavy atom. The fraction of sp³-hybridized carbons (Fsp3) is 0.429. The number of rotatable bonds is 6. The maximum Gasteiger partial charge on any atom is 0.257 e. The second-order valence-electron chi connectivity index (χ2n) is 9.86. The summed E-state index contributed by atoms with van der Waals surface area (Å²) in [5.74, 6) is -0.350. The van der Waals surface area contributed by atoms with E-state index in [-0.39, 0.29) is 22.9 Å². The zero-order chi connectivity index (χ0) is 25.1. The predicted octanol–water partition coefficient (Wildman–Crippen LogP) is 3.68. The van der Waals surface area contributed by atoms with E-state index in [2.05, 4.69) is 38.9 Å². The minimum Gasteiger partial charge on any atom is -0.379 e. The number of nitrogens with zero attached hydrogens (tertiary/aromatic N) is 3. The lowest BCUT2D eigenvalue weighted by Gasteiger charge is -2.32. The standard InChI is InChI=1S/C28H33ClN4O3/c1-31-10-8-23(9-11-31)33-19-25(28(35)30-17-20-2-5-22(29)6-3-20)27(34)24-16-21(4-7-26(24)33)18-32-12-14-36-15-13-32/h2-7,16,19,23H,8-15,17-18H2,1H3,(H,30,35). The van der Waals surface area contributed by atoms with Gasteiger partial charge in [0, 0.05) is 48.8 Å². The van der Waals surface area contributed by atoms with E-state index in [4.69, 9.17) is 16.3 Å². The van der Waals surface area contributed by atoms with Crippen LogP contribution in [0.25, 0.3) is 10.9 Å². The number of morpholine rings is 1. The molecule has 0 atom stereocenters. The van der Waals surface area contributed by atoms with E-state index in [0.717, 1.165) is 75.4 Å². The average molecular weight is 509 g/mol. The van der Waals surface area contributed by atoms with Crippen LogP contribution in [0.1, 0.15) is 40.4 Å². The van der Waals surface area contributed by atoms with Crippen molar-refractivity contribution in [3.8, 4) is 0 Å². The highest BCUT2D eigenvalue weighted by atomic mass is 35.5. The molecular formula is C28H33ClN4O3. The minimum absolute atomic E-state index is 0.193. The largest absolute Gasteiger partial charge is 0.379 e. The Balaban J connectivity index is 1.48. The van der Waals surface area contributed by atoms with Gasteiger partial charge in [0.25, 0.3) is 5.91 Å². The molecule has 5 rings (SSSR count). The number of carbonyl (C=O) groups excluding carboxylic acids is 1. The van der Waals surface area contributed by atoms with Crippen molar-refractivity contribution in [3.05, 3.63) is 80.6 Å². The summed E-state index contributed by atoms with van der Waals surface area (Å²) in [6, 6.07) is 13.7. The van der Waals surface area contributed by atoms with Gasteiger partial charge in [0.2, 0.25) is 5.43 Å². The van der Waals surface area contributed by atoms with Gasteiger partial charge in [-0.05, 0) is 68.4 Å². The molecule has 0 aliphatic carbocycles. The molecule has 7 nitrogen and oxygen atoms in total. The average Bonchev–Trinajstić information content (AvgIpc) is 2.90. The molecule has 0 bridgehead atoms. The van der Waals surface area contributed by atoms with Crippen molar-refractivity contribution in [2.24, 2.45) is 0 Å². The van der Waals surface area contributed by atoms with Crippen LogP contribution in [-0.4, -0.2) is 66.7 Å². The van der Waals surface area contributed by atoms with E-state index in [0.29, 0.717) is 17.0 Å². The highest BCUT2D eigenvalue weighted by Crippen LogP contribution is 2.27. The van der Waals surface area contributed by atoms with Crippen LogP contribution in [0.5, 0.6) is 0 Å². The van der Waals surface area contributed by atoms with Gasteiger partial charge in [0.1, 0.15) is 5.56 Å². The molecule has 8 heteroatoms. The number of halogens is 1. The van der Waals surface area contributed by atoms with Crippen molar-refractivity contribution in [1.29, 1.82) is 0 Å². The number of pyridine rings is 1. The van der Waals surface area contributed by atoms with Crippen LogP contribution in [0.2, 0.25) is 5.02 Å². The second kappa shape index (κ2) is 11.1. The SMILES string of the molecule is CN1CCC(n2cc(C(=O)NCc3ccc(Cl)cc3)c(=O)c3cc(CN4CCOCC4)ccc32)CC1. The third-order valence-electron chi connectivity index (χ3n) is 7.30. The van der Waals surface area contributed by atoms with Gasteiger partial charge in [-0.2, -0.15) is 0 Å². The Morgan fingerprint density at radius 3 is 2.44 bits per heavy atom. The second-order valence-corrected chi connectivity index (χ2v) is 10.3. The first-order valence-corrected chi connectivity index (χ1v) is 13.0. The van der Waals surface area contributed by atoms with Crippen molar-refractivity contribution in [3.63, 3.8) is 0 Å². The zero-order valence-electron chi connectivity index (χ0n) is 20.7. The van der Waals surface area contributed by atoms with E-state index in [1.165, 1.54) is 0 Å². The summed E-state index contributed by atoms with van der Waals surface area (Å²) < 4.78 is 7.64. The fourth-order valence-electron chi connectivity index (χ4n) is 5.14. The Kier molecular flexibility index (Phi) is 7.72. The molecule has 1 aromatic heterocycles. The van der Waals surface area contributed by atoms with Crippen LogP contribution in [-0.2, 0) is 17.8 Å². The molecule has 3 heterocycles.